The Balaban J connectivity index is 0.000000227. The second-order valence-electron chi connectivity index (χ2n) is 9.82. The van der Waals surface area contributed by atoms with Gasteiger partial charge in [-0.25, -0.2) is 0 Å². The Morgan fingerprint density at radius 2 is 1.18 bits per heavy atom. The fourth-order valence-corrected chi connectivity index (χ4v) is 2.62. The normalized spacial score (nSPS) is 11.4. The zero-order chi connectivity index (χ0) is 23.5. The molecule has 176 valence electrons. The van der Waals surface area contributed by atoms with Gasteiger partial charge in [0.15, 0.2) is 0 Å². The third-order valence-electron chi connectivity index (χ3n) is 4.70. The van der Waals surface area contributed by atoms with Crippen LogP contribution in [0.1, 0.15) is 64.3 Å². The van der Waals surface area contributed by atoms with Crippen LogP contribution in [0.15, 0.2) is 36.9 Å². The van der Waals surface area contributed by atoms with Gasteiger partial charge in [0, 0.05) is 23.5 Å². The summed E-state index contributed by atoms with van der Waals surface area (Å²) < 4.78 is 0. The molecule has 0 atom stereocenters. The molecule has 4 heterocycles. The Hall–Kier alpha value is -2.73. The number of nitrogens with zero attached hydrogens (tertiary/aromatic N) is 8. The molecular weight excluding hydrogens is 595 g/mol. The van der Waals surface area contributed by atoms with E-state index in [-0.39, 0.29) is 31.9 Å². The Labute approximate surface area is 209 Å². The summed E-state index contributed by atoms with van der Waals surface area (Å²) in [4.78, 5) is 17.0. The standard InChI is InChI=1S/2C12H15N4.Pt/c2*1-8-6-14-10(7-13-8)9-5-11(16-15-9)12(2,3)4;/h2*5-7H,1-4H3;/q2*-1;+2. The average molecular weight is 626 g/mol. The molecule has 33 heavy (non-hydrogen) atoms. The molecule has 0 aliphatic carbocycles. The smallest absolute Gasteiger partial charge is 0.578 e. The molecule has 0 unspecified atom stereocenters. The van der Waals surface area contributed by atoms with Crippen molar-refractivity contribution in [3.63, 3.8) is 0 Å². The van der Waals surface area contributed by atoms with E-state index < -0.39 is 0 Å². The summed E-state index contributed by atoms with van der Waals surface area (Å²) in [6, 6.07) is 3.94. The van der Waals surface area contributed by atoms with E-state index in [1.54, 1.807) is 24.8 Å². The van der Waals surface area contributed by atoms with Crippen LogP contribution >= 0.6 is 0 Å². The van der Waals surface area contributed by atoms with E-state index >= 15 is 0 Å². The summed E-state index contributed by atoms with van der Waals surface area (Å²) in [5.41, 5.74) is 6.91. The summed E-state index contributed by atoms with van der Waals surface area (Å²) in [5, 5.41) is 16.6. The summed E-state index contributed by atoms with van der Waals surface area (Å²) in [5.74, 6) is 0. The van der Waals surface area contributed by atoms with E-state index in [4.69, 9.17) is 0 Å². The molecule has 0 aromatic carbocycles. The number of rotatable bonds is 2. The number of aromatic nitrogens is 8. The summed E-state index contributed by atoms with van der Waals surface area (Å²) >= 11 is 0. The molecule has 0 spiro atoms. The molecule has 0 N–H and O–H groups in total. The molecule has 0 saturated heterocycles. The summed E-state index contributed by atoms with van der Waals surface area (Å²) in [6.07, 6.45) is 6.93. The van der Waals surface area contributed by atoms with Crippen molar-refractivity contribution in [1.82, 2.24) is 40.3 Å². The van der Waals surface area contributed by atoms with Gasteiger partial charge in [0.1, 0.15) is 5.69 Å². The van der Waals surface area contributed by atoms with Gasteiger partial charge in [-0.2, -0.15) is 0 Å². The topological polar surface area (TPSA) is 106 Å². The largest absolute Gasteiger partial charge is 2.00 e. The van der Waals surface area contributed by atoms with E-state index in [1.165, 1.54) is 0 Å². The minimum absolute atomic E-state index is 0. The minimum Gasteiger partial charge on any atom is -0.578 e. The molecule has 0 radical (unpaired) electrons. The molecule has 0 aliphatic heterocycles. The third kappa shape index (κ3) is 7.12. The van der Waals surface area contributed by atoms with Crippen LogP contribution in [0.2, 0.25) is 0 Å². The van der Waals surface area contributed by atoms with Crippen LogP contribution in [0.5, 0.6) is 0 Å². The summed E-state index contributed by atoms with van der Waals surface area (Å²) in [7, 11) is 0. The molecule has 9 heteroatoms. The number of hydrogen-bond acceptors (Lipinski definition) is 6. The Morgan fingerprint density at radius 3 is 1.61 bits per heavy atom. The fraction of sp³-hybridized carbons (Fsp3) is 0.417. The van der Waals surface area contributed by atoms with Crippen molar-refractivity contribution in [2.75, 3.05) is 0 Å². The van der Waals surface area contributed by atoms with Crippen molar-refractivity contribution in [2.24, 2.45) is 0 Å². The molecule has 4 rings (SSSR count). The fourth-order valence-electron chi connectivity index (χ4n) is 2.62. The Bertz CT molecular complexity index is 1050. The molecule has 0 aliphatic rings. The van der Waals surface area contributed by atoms with Crippen molar-refractivity contribution in [3.8, 4) is 22.8 Å². The molecule has 0 amide bonds. The van der Waals surface area contributed by atoms with Gasteiger partial charge in [-0.15, -0.1) is 5.69 Å². The Kier molecular flexibility index (Phi) is 8.41. The first kappa shape index (κ1) is 26.5. The van der Waals surface area contributed by atoms with E-state index in [9.17, 15) is 0 Å². The number of aryl methyl sites for hydroxylation is 2. The van der Waals surface area contributed by atoms with Crippen molar-refractivity contribution in [3.05, 3.63) is 59.7 Å². The van der Waals surface area contributed by atoms with Crippen LogP contribution in [-0.4, -0.2) is 30.1 Å². The first-order chi connectivity index (χ1) is 14.9. The van der Waals surface area contributed by atoms with Crippen LogP contribution in [0, 0.1) is 13.8 Å². The van der Waals surface area contributed by atoms with E-state index in [2.05, 4.69) is 81.9 Å². The second-order valence-corrected chi connectivity index (χ2v) is 9.82. The monoisotopic (exact) mass is 625 g/mol. The van der Waals surface area contributed by atoms with Gasteiger partial charge >= 0.3 is 21.1 Å². The van der Waals surface area contributed by atoms with Gasteiger partial charge in [0.25, 0.3) is 0 Å². The predicted octanol–water partition coefficient (Wildman–Crippen LogP) is 4.20. The minimum atomic E-state index is 0. The van der Waals surface area contributed by atoms with Gasteiger partial charge in [-0.1, -0.05) is 59.4 Å². The first-order valence-electron chi connectivity index (χ1n) is 10.5. The Morgan fingerprint density at radius 1 is 0.606 bits per heavy atom. The molecule has 0 saturated carbocycles. The van der Waals surface area contributed by atoms with Crippen molar-refractivity contribution < 1.29 is 21.1 Å². The zero-order valence-electron chi connectivity index (χ0n) is 20.4. The maximum absolute atomic E-state index is 4.28. The molecular formula is C24H30N8Pt. The maximum Gasteiger partial charge on any atom is 2.00 e. The molecule has 0 fully saturated rings. The maximum atomic E-state index is 4.28. The van der Waals surface area contributed by atoms with Crippen LogP contribution in [0.25, 0.3) is 22.8 Å². The van der Waals surface area contributed by atoms with Gasteiger partial charge < -0.3 is 20.4 Å². The van der Waals surface area contributed by atoms with Gasteiger partial charge in [-0.3, -0.25) is 19.9 Å². The SMILES string of the molecule is Cc1cnc(-c2cc(C(C)(C)C)[n-]n2)cn1.Cc1cnc(-c2cc(C(C)(C)C)n[n-]2)cn1.[Pt+2]. The quantitative estimate of drug-likeness (QED) is 0.327. The van der Waals surface area contributed by atoms with Crippen LogP contribution in [0.3, 0.4) is 0 Å². The van der Waals surface area contributed by atoms with Crippen LogP contribution < -0.4 is 10.2 Å². The van der Waals surface area contributed by atoms with Crippen LogP contribution in [-0.2, 0) is 31.9 Å². The number of hydrogen-bond donors (Lipinski definition) is 0. The van der Waals surface area contributed by atoms with E-state index in [0.29, 0.717) is 0 Å². The van der Waals surface area contributed by atoms with Gasteiger partial charge in [0.2, 0.25) is 0 Å². The molecule has 0 bridgehead atoms. The molecule has 4 aromatic rings. The zero-order valence-corrected chi connectivity index (χ0v) is 22.6. The first-order valence-corrected chi connectivity index (χ1v) is 10.5. The van der Waals surface area contributed by atoms with E-state index in [0.717, 1.165) is 45.6 Å². The van der Waals surface area contributed by atoms with Gasteiger partial charge in [-0.05, 0) is 19.3 Å². The molecule has 8 nitrogen and oxygen atoms in total. The molecule has 4 aromatic heterocycles. The predicted molar refractivity (Wildman–Crippen MR) is 124 cm³/mol. The van der Waals surface area contributed by atoms with Crippen molar-refractivity contribution >= 4 is 0 Å². The summed E-state index contributed by atoms with van der Waals surface area (Å²) in [6.45, 7) is 16.5. The van der Waals surface area contributed by atoms with Crippen LogP contribution in [0.4, 0.5) is 0 Å². The van der Waals surface area contributed by atoms with Gasteiger partial charge in [0.05, 0.1) is 35.2 Å². The van der Waals surface area contributed by atoms with E-state index in [1.807, 2.05) is 26.0 Å². The third-order valence-corrected chi connectivity index (χ3v) is 4.70. The second kappa shape index (κ2) is 10.5. The average Bonchev–Trinajstić information content (AvgIpc) is 3.39. The van der Waals surface area contributed by atoms with Crippen molar-refractivity contribution in [1.29, 1.82) is 0 Å². The van der Waals surface area contributed by atoms with Crippen molar-refractivity contribution in [2.45, 2.75) is 66.2 Å².